The number of nitro benzene ring substituents is 1. The molecule has 0 atom stereocenters. The number of esters is 1. The average molecular weight is 423 g/mol. The monoisotopic (exact) mass is 423 g/mol. The van der Waals surface area contributed by atoms with E-state index in [1.807, 2.05) is 12.1 Å². The Labute approximate surface area is 175 Å². The van der Waals surface area contributed by atoms with Crippen molar-refractivity contribution in [2.75, 3.05) is 18.1 Å². The van der Waals surface area contributed by atoms with Crippen molar-refractivity contribution in [3.05, 3.63) is 74.9 Å². The molecule has 1 aromatic carbocycles. The van der Waals surface area contributed by atoms with Crippen LogP contribution in [0.5, 0.6) is 0 Å². The van der Waals surface area contributed by atoms with E-state index in [0.717, 1.165) is 16.0 Å². The minimum atomic E-state index is -0.501. The summed E-state index contributed by atoms with van der Waals surface area (Å²) in [4.78, 5) is 43.0. The molecule has 1 aliphatic rings. The van der Waals surface area contributed by atoms with E-state index in [1.165, 1.54) is 35.6 Å². The highest BCUT2D eigenvalue weighted by Gasteiger charge is 2.28. The van der Waals surface area contributed by atoms with E-state index in [9.17, 15) is 19.7 Å². The molecule has 3 heterocycles. The molecule has 8 nitrogen and oxygen atoms in total. The van der Waals surface area contributed by atoms with Gasteiger partial charge in [-0.3, -0.25) is 19.9 Å². The molecule has 0 unspecified atom stereocenters. The second kappa shape index (κ2) is 8.03. The number of fused-ring (bicyclic) bond motifs is 3. The number of hydrogen-bond donors (Lipinski definition) is 0. The van der Waals surface area contributed by atoms with Crippen LogP contribution in [-0.2, 0) is 11.2 Å². The van der Waals surface area contributed by atoms with E-state index in [2.05, 4.69) is 4.98 Å². The summed E-state index contributed by atoms with van der Waals surface area (Å²) in [5.74, 6) is -0.620. The van der Waals surface area contributed by atoms with Crippen molar-refractivity contribution in [3.8, 4) is 10.4 Å². The SMILES string of the molecule is CCOC(=O)c1cc2c(s1)-c1ccncc1N(C(=O)c1ccc([N+](=O)[O-])cc1)CC2. The number of carbonyl (C=O) groups is 2. The lowest BCUT2D eigenvalue weighted by molar-refractivity contribution is -0.384. The first-order valence-electron chi connectivity index (χ1n) is 9.30. The van der Waals surface area contributed by atoms with Crippen LogP contribution in [0.15, 0.2) is 48.8 Å². The van der Waals surface area contributed by atoms with Crippen molar-refractivity contribution < 1.29 is 19.2 Å². The molecule has 0 saturated heterocycles. The molecule has 0 radical (unpaired) electrons. The lowest BCUT2D eigenvalue weighted by Crippen LogP contribution is -2.32. The fraction of sp³-hybridized carbons (Fsp3) is 0.190. The molecule has 4 rings (SSSR count). The van der Waals surface area contributed by atoms with Gasteiger partial charge in [0, 0.05) is 40.9 Å². The van der Waals surface area contributed by atoms with E-state index in [4.69, 9.17) is 4.74 Å². The fourth-order valence-electron chi connectivity index (χ4n) is 3.38. The van der Waals surface area contributed by atoms with Crippen LogP contribution in [0.3, 0.4) is 0 Å². The number of aromatic nitrogens is 1. The van der Waals surface area contributed by atoms with Gasteiger partial charge < -0.3 is 9.64 Å². The number of amides is 1. The number of non-ortho nitro benzene ring substituents is 1. The molecule has 0 N–H and O–H groups in total. The standard InChI is InChI=1S/C21H17N3O5S/c1-2-29-21(26)18-11-14-8-10-23(17-12-22-9-7-16(17)19(14)30-18)20(25)13-3-5-15(6-4-13)24(27)28/h3-7,9,11-12H,2,8,10H2,1H3. The van der Waals surface area contributed by atoms with Crippen LogP contribution >= 0.6 is 11.3 Å². The number of anilines is 1. The minimum absolute atomic E-state index is 0.0711. The van der Waals surface area contributed by atoms with Gasteiger partial charge in [-0.05, 0) is 43.2 Å². The number of nitrogens with zero attached hydrogens (tertiary/aromatic N) is 3. The Balaban J connectivity index is 1.71. The molecule has 9 heteroatoms. The van der Waals surface area contributed by atoms with Gasteiger partial charge in [0.2, 0.25) is 0 Å². The maximum atomic E-state index is 13.2. The third-order valence-electron chi connectivity index (χ3n) is 4.80. The summed E-state index contributed by atoms with van der Waals surface area (Å²) in [6, 6.07) is 9.18. The Morgan fingerprint density at radius 1 is 1.27 bits per heavy atom. The van der Waals surface area contributed by atoms with Crippen molar-refractivity contribution >= 4 is 34.6 Å². The van der Waals surface area contributed by atoms with Gasteiger partial charge in [-0.15, -0.1) is 11.3 Å². The molecular weight excluding hydrogens is 406 g/mol. The van der Waals surface area contributed by atoms with Gasteiger partial charge in [0.1, 0.15) is 4.88 Å². The lowest BCUT2D eigenvalue weighted by Gasteiger charge is -2.22. The molecule has 0 aliphatic carbocycles. The summed E-state index contributed by atoms with van der Waals surface area (Å²) in [6.07, 6.45) is 3.82. The molecule has 1 amide bonds. The number of carbonyl (C=O) groups excluding carboxylic acids is 2. The van der Waals surface area contributed by atoms with Gasteiger partial charge in [0.25, 0.3) is 11.6 Å². The first kappa shape index (κ1) is 19.7. The zero-order valence-corrected chi connectivity index (χ0v) is 16.8. The van der Waals surface area contributed by atoms with E-state index in [-0.39, 0.29) is 17.6 Å². The molecule has 2 aromatic heterocycles. The van der Waals surface area contributed by atoms with Crippen molar-refractivity contribution in [1.82, 2.24) is 4.98 Å². The molecular formula is C21H17N3O5S. The summed E-state index contributed by atoms with van der Waals surface area (Å²) >= 11 is 1.34. The number of pyridine rings is 1. The van der Waals surface area contributed by atoms with Crippen molar-refractivity contribution in [1.29, 1.82) is 0 Å². The second-order valence-corrected chi connectivity index (χ2v) is 7.64. The predicted molar refractivity (Wildman–Crippen MR) is 112 cm³/mol. The highest BCUT2D eigenvalue weighted by Crippen LogP contribution is 2.41. The first-order chi connectivity index (χ1) is 14.5. The van der Waals surface area contributed by atoms with Crippen LogP contribution in [0.1, 0.15) is 32.5 Å². The third kappa shape index (κ3) is 3.55. The van der Waals surface area contributed by atoms with E-state index < -0.39 is 4.92 Å². The lowest BCUT2D eigenvalue weighted by atomic mass is 10.1. The second-order valence-electron chi connectivity index (χ2n) is 6.59. The smallest absolute Gasteiger partial charge is 0.348 e. The van der Waals surface area contributed by atoms with Crippen LogP contribution in [0.25, 0.3) is 10.4 Å². The number of hydrogen-bond acceptors (Lipinski definition) is 7. The Morgan fingerprint density at radius 2 is 2.03 bits per heavy atom. The van der Waals surface area contributed by atoms with Crippen LogP contribution in [0, 0.1) is 10.1 Å². The van der Waals surface area contributed by atoms with E-state index >= 15 is 0 Å². The summed E-state index contributed by atoms with van der Waals surface area (Å²) < 4.78 is 5.12. The zero-order chi connectivity index (χ0) is 21.3. The number of ether oxygens (including phenoxy) is 1. The predicted octanol–water partition coefficient (Wildman–Crippen LogP) is 4.10. The van der Waals surface area contributed by atoms with Gasteiger partial charge in [-0.25, -0.2) is 4.79 Å². The van der Waals surface area contributed by atoms with Crippen LogP contribution in [0.2, 0.25) is 0 Å². The number of thiophene rings is 1. The first-order valence-corrected chi connectivity index (χ1v) is 10.1. The molecule has 0 bridgehead atoms. The maximum absolute atomic E-state index is 13.2. The molecule has 152 valence electrons. The Morgan fingerprint density at radius 3 is 2.73 bits per heavy atom. The Hall–Kier alpha value is -3.59. The summed E-state index contributed by atoms with van der Waals surface area (Å²) in [5.41, 5.74) is 2.70. The molecule has 0 fully saturated rings. The van der Waals surface area contributed by atoms with Crippen LogP contribution < -0.4 is 4.90 Å². The van der Waals surface area contributed by atoms with Crippen molar-refractivity contribution in [2.24, 2.45) is 0 Å². The van der Waals surface area contributed by atoms with Crippen molar-refractivity contribution in [2.45, 2.75) is 13.3 Å². The zero-order valence-electron chi connectivity index (χ0n) is 16.0. The number of rotatable bonds is 4. The number of benzene rings is 1. The quantitative estimate of drug-likeness (QED) is 0.356. The average Bonchev–Trinajstić information content (AvgIpc) is 3.12. The molecule has 0 saturated carbocycles. The van der Waals surface area contributed by atoms with Gasteiger partial charge >= 0.3 is 5.97 Å². The van der Waals surface area contributed by atoms with Gasteiger partial charge in [0.05, 0.1) is 23.4 Å². The highest BCUT2D eigenvalue weighted by atomic mass is 32.1. The molecule has 1 aliphatic heterocycles. The minimum Gasteiger partial charge on any atom is -0.462 e. The van der Waals surface area contributed by atoms with Gasteiger partial charge in [0.15, 0.2) is 0 Å². The highest BCUT2D eigenvalue weighted by molar-refractivity contribution is 7.17. The summed E-state index contributed by atoms with van der Waals surface area (Å²) in [7, 11) is 0. The van der Waals surface area contributed by atoms with Crippen LogP contribution in [0.4, 0.5) is 11.4 Å². The van der Waals surface area contributed by atoms with Gasteiger partial charge in [-0.2, -0.15) is 0 Å². The summed E-state index contributed by atoms with van der Waals surface area (Å²) in [5, 5.41) is 10.9. The summed E-state index contributed by atoms with van der Waals surface area (Å²) in [6.45, 7) is 2.46. The largest absolute Gasteiger partial charge is 0.462 e. The maximum Gasteiger partial charge on any atom is 0.348 e. The molecule has 30 heavy (non-hydrogen) atoms. The normalized spacial score (nSPS) is 12.5. The van der Waals surface area contributed by atoms with E-state index in [1.54, 1.807) is 24.2 Å². The molecule has 3 aromatic rings. The van der Waals surface area contributed by atoms with Crippen molar-refractivity contribution in [3.63, 3.8) is 0 Å². The molecule has 0 spiro atoms. The Kier molecular flexibility index (Phi) is 5.28. The fourth-order valence-corrected chi connectivity index (χ4v) is 4.52. The Bertz CT molecular complexity index is 1140. The number of nitro groups is 1. The third-order valence-corrected chi connectivity index (χ3v) is 5.99. The van der Waals surface area contributed by atoms with Crippen LogP contribution in [-0.4, -0.2) is 34.9 Å². The topological polar surface area (TPSA) is 103 Å². The van der Waals surface area contributed by atoms with Gasteiger partial charge in [-0.1, -0.05) is 0 Å². The van der Waals surface area contributed by atoms with E-state index in [0.29, 0.717) is 35.7 Å².